The van der Waals surface area contributed by atoms with E-state index in [0.29, 0.717) is 17.5 Å². The summed E-state index contributed by atoms with van der Waals surface area (Å²) >= 11 is 0. The third kappa shape index (κ3) is 4.68. The van der Waals surface area contributed by atoms with E-state index in [0.717, 1.165) is 60.8 Å². The molecule has 0 unspecified atom stereocenters. The second-order valence-corrected chi connectivity index (χ2v) is 11.4. The number of hydrogen-bond donors (Lipinski definition) is 0. The van der Waals surface area contributed by atoms with Crippen LogP contribution in [0.2, 0.25) is 0 Å². The van der Waals surface area contributed by atoms with Crippen molar-refractivity contribution in [1.29, 1.82) is 0 Å². The maximum Gasteiger partial charge on any atom is 0.328 e. The molecule has 2 aromatic heterocycles. The molecule has 46 heavy (non-hydrogen) atoms. The zero-order valence-corrected chi connectivity index (χ0v) is 25.4. The van der Waals surface area contributed by atoms with E-state index in [2.05, 4.69) is 72.8 Å². The molecule has 6 aromatic carbocycles. The summed E-state index contributed by atoms with van der Waals surface area (Å²) < 4.78 is 3.37. The van der Waals surface area contributed by atoms with Gasteiger partial charge < -0.3 is 0 Å². The summed E-state index contributed by atoms with van der Waals surface area (Å²) in [6, 6.07) is 47.6. The minimum atomic E-state index is -0.0254. The summed E-state index contributed by atoms with van der Waals surface area (Å²) in [6.07, 6.45) is 0. The Hall–Kier alpha value is -6.14. The molecule has 220 valence electrons. The zero-order valence-electron chi connectivity index (χ0n) is 25.4. The quantitative estimate of drug-likeness (QED) is 0.200. The van der Waals surface area contributed by atoms with Crippen LogP contribution >= 0.6 is 0 Å². The van der Waals surface area contributed by atoms with Gasteiger partial charge in [-0.2, -0.15) is 0 Å². The molecule has 0 bridgehead atoms. The number of rotatable bonds is 5. The fourth-order valence-corrected chi connectivity index (χ4v) is 6.20. The van der Waals surface area contributed by atoms with Crippen molar-refractivity contribution < 1.29 is 0 Å². The first-order valence-electron chi connectivity index (χ1n) is 15.2. The van der Waals surface area contributed by atoms with E-state index in [9.17, 15) is 4.79 Å². The van der Waals surface area contributed by atoms with Crippen molar-refractivity contribution in [2.45, 2.75) is 0 Å². The zero-order chi connectivity index (χ0) is 31.2. The van der Waals surface area contributed by atoms with Crippen molar-refractivity contribution >= 4 is 21.8 Å². The van der Waals surface area contributed by atoms with E-state index in [1.54, 1.807) is 16.2 Å². The molecule has 0 saturated carbocycles. The van der Waals surface area contributed by atoms with Crippen molar-refractivity contribution in [2.75, 3.05) is 0 Å². The van der Waals surface area contributed by atoms with Crippen LogP contribution in [0.1, 0.15) is 0 Å². The third-order valence-electron chi connectivity index (χ3n) is 8.67. The van der Waals surface area contributed by atoms with Crippen molar-refractivity contribution in [3.8, 4) is 56.4 Å². The van der Waals surface area contributed by atoms with Gasteiger partial charge in [0.25, 0.3) is 0 Å². The Kier molecular flexibility index (Phi) is 6.61. The number of fused-ring (bicyclic) bond motifs is 2. The van der Waals surface area contributed by atoms with Gasteiger partial charge in [-0.25, -0.2) is 19.7 Å². The summed E-state index contributed by atoms with van der Waals surface area (Å²) in [4.78, 5) is 27.3. The smallest absolute Gasteiger partial charge is 0.295 e. The molecule has 0 aliphatic heterocycles. The molecule has 8 rings (SSSR count). The van der Waals surface area contributed by atoms with Crippen LogP contribution in [0.15, 0.2) is 144 Å². The van der Waals surface area contributed by atoms with Gasteiger partial charge in [0, 0.05) is 30.8 Å². The molecule has 0 aliphatic carbocycles. The van der Waals surface area contributed by atoms with Crippen LogP contribution in [0.4, 0.5) is 0 Å². The number of nitrogens with zero attached hydrogens (tertiary/aromatic N) is 5. The molecule has 0 spiro atoms. The molecule has 0 saturated heterocycles. The standard InChI is InChI=1S/C40H29N5O/c1-44-35-24-21-30(25-36(35)45(2)40(44)46)26-17-19-27(20-18-26)31-22-23-34(33-16-10-9-15-32(31)33)39-42-37(28-11-5-3-6-12-28)41-38(43-39)29-13-7-4-8-14-29/h3-25H,1-2H3. The Morgan fingerprint density at radius 1 is 0.413 bits per heavy atom. The van der Waals surface area contributed by atoms with Crippen LogP contribution in [0, 0.1) is 0 Å². The summed E-state index contributed by atoms with van der Waals surface area (Å²) in [7, 11) is 3.62. The summed E-state index contributed by atoms with van der Waals surface area (Å²) in [5, 5.41) is 2.19. The molecule has 0 N–H and O–H groups in total. The average Bonchev–Trinajstić information content (AvgIpc) is 3.34. The highest BCUT2D eigenvalue weighted by Gasteiger charge is 2.16. The van der Waals surface area contributed by atoms with Gasteiger partial charge in [0.2, 0.25) is 0 Å². The van der Waals surface area contributed by atoms with Crippen LogP contribution in [-0.2, 0) is 14.1 Å². The van der Waals surface area contributed by atoms with Crippen molar-refractivity contribution in [3.63, 3.8) is 0 Å². The minimum Gasteiger partial charge on any atom is -0.295 e. The van der Waals surface area contributed by atoms with Gasteiger partial charge in [-0.15, -0.1) is 0 Å². The molecular weight excluding hydrogens is 566 g/mol. The largest absolute Gasteiger partial charge is 0.328 e. The molecular formula is C40H29N5O. The van der Waals surface area contributed by atoms with Gasteiger partial charge in [0.05, 0.1) is 11.0 Å². The fourth-order valence-electron chi connectivity index (χ4n) is 6.20. The van der Waals surface area contributed by atoms with Crippen LogP contribution in [-0.4, -0.2) is 24.1 Å². The number of hydrogen-bond acceptors (Lipinski definition) is 4. The number of imidazole rings is 1. The van der Waals surface area contributed by atoms with E-state index in [1.807, 2.05) is 73.8 Å². The Labute approximate surface area is 265 Å². The average molecular weight is 596 g/mol. The molecule has 6 nitrogen and oxygen atoms in total. The summed E-state index contributed by atoms with van der Waals surface area (Å²) in [5.74, 6) is 1.92. The third-order valence-corrected chi connectivity index (χ3v) is 8.67. The maximum absolute atomic E-state index is 12.4. The second kappa shape index (κ2) is 11.1. The van der Waals surface area contributed by atoms with Crippen molar-refractivity contribution in [1.82, 2.24) is 24.1 Å². The lowest BCUT2D eigenvalue weighted by Crippen LogP contribution is -2.19. The minimum absolute atomic E-state index is 0.0254. The van der Waals surface area contributed by atoms with Gasteiger partial charge in [0.1, 0.15) is 0 Å². The van der Waals surface area contributed by atoms with Crippen molar-refractivity contribution in [3.05, 3.63) is 150 Å². The van der Waals surface area contributed by atoms with E-state index < -0.39 is 0 Å². The number of aryl methyl sites for hydroxylation is 2. The fraction of sp³-hybridized carbons (Fsp3) is 0.0500. The Morgan fingerprint density at radius 3 is 1.52 bits per heavy atom. The van der Waals surface area contributed by atoms with Crippen LogP contribution < -0.4 is 5.69 Å². The summed E-state index contributed by atoms with van der Waals surface area (Å²) in [5.41, 5.74) is 9.06. The number of benzene rings is 6. The predicted molar refractivity (Wildman–Crippen MR) is 186 cm³/mol. The predicted octanol–water partition coefficient (Wildman–Crippen LogP) is 8.55. The topological polar surface area (TPSA) is 65.6 Å². The Morgan fingerprint density at radius 2 is 0.891 bits per heavy atom. The highest BCUT2D eigenvalue weighted by molar-refractivity contribution is 6.04. The van der Waals surface area contributed by atoms with Gasteiger partial charge >= 0.3 is 5.69 Å². The van der Waals surface area contributed by atoms with Gasteiger partial charge in [0.15, 0.2) is 17.5 Å². The molecule has 0 radical (unpaired) electrons. The molecule has 0 amide bonds. The van der Waals surface area contributed by atoms with Crippen LogP contribution in [0.3, 0.4) is 0 Å². The molecule has 0 fully saturated rings. The Bertz CT molecular complexity index is 2390. The van der Waals surface area contributed by atoms with E-state index in [1.165, 1.54) is 0 Å². The van der Waals surface area contributed by atoms with Crippen LogP contribution in [0.5, 0.6) is 0 Å². The highest BCUT2D eigenvalue weighted by atomic mass is 16.1. The normalized spacial score (nSPS) is 11.3. The van der Waals surface area contributed by atoms with Gasteiger partial charge in [-0.1, -0.05) is 121 Å². The maximum atomic E-state index is 12.4. The molecule has 2 heterocycles. The molecule has 0 atom stereocenters. The molecule has 0 aliphatic rings. The lowest BCUT2D eigenvalue weighted by molar-refractivity contribution is 0.795. The van der Waals surface area contributed by atoms with Gasteiger partial charge in [-0.05, 0) is 51.2 Å². The first-order valence-corrected chi connectivity index (χ1v) is 15.2. The van der Waals surface area contributed by atoms with E-state index in [-0.39, 0.29) is 5.69 Å². The van der Waals surface area contributed by atoms with Gasteiger partial charge in [-0.3, -0.25) is 9.13 Å². The first kappa shape index (κ1) is 27.4. The van der Waals surface area contributed by atoms with Crippen molar-refractivity contribution in [2.24, 2.45) is 14.1 Å². The molecule has 8 aromatic rings. The Balaban J connectivity index is 1.22. The highest BCUT2D eigenvalue weighted by Crippen LogP contribution is 2.36. The van der Waals surface area contributed by atoms with E-state index in [4.69, 9.17) is 15.0 Å². The van der Waals surface area contributed by atoms with Crippen LogP contribution in [0.25, 0.3) is 78.2 Å². The monoisotopic (exact) mass is 595 g/mol. The second-order valence-electron chi connectivity index (χ2n) is 11.4. The molecule has 6 heteroatoms. The lowest BCUT2D eigenvalue weighted by Gasteiger charge is -2.13. The SMILES string of the molecule is Cn1c(=O)n(C)c2cc(-c3ccc(-c4ccc(-c5nc(-c6ccccc6)nc(-c6ccccc6)n5)c5ccccc45)cc3)ccc21. The lowest BCUT2D eigenvalue weighted by atomic mass is 9.93. The first-order chi connectivity index (χ1) is 22.5. The summed E-state index contributed by atoms with van der Waals surface area (Å²) in [6.45, 7) is 0. The van der Waals surface area contributed by atoms with E-state index >= 15 is 0 Å². The number of aromatic nitrogens is 5.